The maximum Gasteiger partial charge on any atom is 0.174 e. The van der Waals surface area contributed by atoms with Gasteiger partial charge in [-0.05, 0) is 25.0 Å². The number of nitrogens with one attached hydrogen (secondary N) is 1. The molecule has 2 aromatic rings. The number of hydrogen-bond donors (Lipinski definition) is 3. The number of benzene rings is 2. The van der Waals surface area contributed by atoms with Crippen molar-refractivity contribution in [2.75, 3.05) is 18.5 Å². The zero-order valence-electron chi connectivity index (χ0n) is 12.6. The lowest BCUT2D eigenvalue weighted by atomic mass is 9.86. The van der Waals surface area contributed by atoms with Gasteiger partial charge in [0.25, 0.3) is 0 Å². The predicted octanol–water partition coefficient (Wildman–Crippen LogP) is 2.44. The monoisotopic (exact) mass is 296 g/mol. The molecule has 0 aromatic heterocycles. The van der Waals surface area contributed by atoms with Crippen molar-refractivity contribution >= 4 is 11.5 Å². The number of fused-ring (bicyclic) bond motifs is 1. The van der Waals surface area contributed by atoms with E-state index in [-0.39, 0.29) is 6.61 Å². The third-order valence-electron chi connectivity index (χ3n) is 3.93. The highest BCUT2D eigenvalue weighted by atomic mass is 16.3. The van der Waals surface area contributed by atoms with E-state index >= 15 is 0 Å². The van der Waals surface area contributed by atoms with Crippen LogP contribution < -0.4 is 5.32 Å². The minimum atomic E-state index is -1.27. The molecule has 1 aliphatic heterocycles. The van der Waals surface area contributed by atoms with Crippen molar-refractivity contribution in [3.05, 3.63) is 65.2 Å². The second-order valence-corrected chi connectivity index (χ2v) is 5.56. The summed E-state index contributed by atoms with van der Waals surface area (Å²) in [4.78, 5) is 4.48. The van der Waals surface area contributed by atoms with Crippen LogP contribution in [0.1, 0.15) is 23.1 Å². The van der Waals surface area contributed by atoms with E-state index in [1.807, 2.05) is 55.5 Å². The Balaban J connectivity index is 2.12. The maximum atomic E-state index is 11.4. The molecule has 0 saturated heterocycles. The normalized spacial score (nSPS) is 21.7. The highest BCUT2D eigenvalue weighted by molar-refractivity contribution is 6.10. The second-order valence-electron chi connectivity index (χ2n) is 5.56. The van der Waals surface area contributed by atoms with Gasteiger partial charge in [0.2, 0.25) is 0 Å². The number of amidine groups is 1. The van der Waals surface area contributed by atoms with Crippen LogP contribution in [-0.2, 0) is 5.60 Å². The minimum Gasteiger partial charge on any atom is -0.396 e. The molecule has 3 N–H and O–H groups in total. The van der Waals surface area contributed by atoms with Gasteiger partial charge in [-0.3, -0.25) is 4.99 Å². The van der Waals surface area contributed by atoms with Crippen LogP contribution in [0, 0.1) is 6.92 Å². The molecule has 114 valence electrons. The lowest BCUT2D eigenvalue weighted by Gasteiger charge is -2.25. The summed E-state index contributed by atoms with van der Waals surface area (Å²) in [6.07, 6.45) is 0.575. The first-order valence-corrected chi connectivity index (χ1v) is 7.48. The Labute approximate surface area is 130 Å². The molecule has 0 bridgehead atoms. The second kappa shape index (κ2) is 5.91. The van der Waals surface area contributed by atoms with E-state index in [0.29, 0.717) is 18.8 Å². The molecule has 2 aromatic carbocycles. The fourth-order valence-corrected chi connectivity index (χ4v) is 2.83. The van der Waals surface area contributed by atoms with Gasteiger partial charge in [-0.25, -0.2) is 0 Å². The molecule has 1 unspecified atom stereocenters. The Morgan fingerprint density at radius 1 is 1.14 bits per heavy atom. The van der Waals surface area contributed by atoms with E-state index in [1.54, 1.807) is 0 Å². The van der Waals surface area contributed by atoms with Crippen LogP contribution in [0.2, 0.25) is 0 Å². The van der Waals surface area contributed by atoms with Gasteiger partial charge in [0.15, 0.2) is 5.60 Å². The predicted molar refractivity (Wildman–Crippen MR) is 88.2 cm³/mol. The first-order valence-electron chi connectivity index (χ1n) is 7.48. The molecule has 1 aliphatic rings. The Morgan fingerprint density at radius 2 is 1.95 bits per heavy atom. The van der Waals surface area contributed by atoms with E-state index in [1.165, 1.54) is 0 Å². The van der Waals surface area contributed by atoms with Gasteiger partial charge in [-0.1, -0.05) is 48.0 Å². The summed E-state index contributed by atoms with van der Waals surface area (Å²) >= 11 is 0. The highest BCUT2D eigenvalue weighted by Gasteiger charge is 2.44. The Morgan fingerprint density at radius 3 is 2.73 bits per heavy atom. The van der Waals surface area contributed by atoms with Gasteiger partial charge in [0, 0.05) is 24.4 Å². The molecule has 4 heteroatoms. The van der Waals surface area contributed by atoms with Gasteiger partial charge in [0.1, 0.15) is 5.84 Å². The number of para-hydroxylation sites is 1. The summed E-state index contributed by atoms with van der Waals surface area (Å²) < 4.78 is 0. The Bertz CT molecular complexity index is 712. The lowest BCUT2D eigenvalue weighted by Crippen LogP contribution is -2.36. The van der Waals surface area contributed by atoms with Crippen molar-refractivity contribution in [2.45, 2.75) is 18.9 Å². The molecule has 0 saturated carbocycles. The van der Waals surface area contributed by atoms with E-state index < -0.39 is 5.60 Å². The summed E-state index contributed by atoms with van der Waals surface area (Å²) in [5, 5.41) is 23.6. The van der Waals surface area contributed by atoms with Crippen LogP contribution in [0.5, 0.6) is 0 Å². The number of rotatable bonds is 4. The molecule has 0 fully saturated rings. The quantitative estimate of drug-likeness (QED) is 0.759. The molecule has 0 aliphatic carbocycles. The van der Waals surface area contributed by atoms with Crippen molar-refractivity contribution in [3.63, 3.8) is 0 Å². The van der Waals surface area contributed by atoms with Crippen molar-refractivity contribution in [1.82, 2.24) is 0 Å². The first kappa shape index (κ1) is 14.8. The number of anilines is 1. The zero-order chi connectivity index (χ0) is 15.6. The number of nitrogens with zero attached hydrogens (tertiary/aromatic N) is 1. The van der Waals surface area contributed by atoms with Gasteiger partial charge in [-0.15, -0.1) is 0 Å². The number of aliphatic hydroxyl groups excluding tert-OH is 1. The topological polar surface area (TPSA) is 64.9 Å². The van der Waals surface area contributed by atoms with Gasteiger partial charge >= 0.3 is 0 Å². The minimum absolute atomic E-state index is 0.0899. The van der Waals surface area contributed by atoms with Crippen LogP contribution in [0.3, 0.4) is 0 Å². The van der Waals surface area contributed by atoms with Crippen molar-refractivity contribution in [3.8, 4) is 0 Å². The standard InChI is InChI=1S/C18H20N2O2/c1-13-6-4-7-14(12-13)18(22)15-8-2-3-9-16(15)20-17(18)19-10-5-11-21/h2-4,6-9,12,21-22H,5,10-11H2,1H3,(H,19,20). The summed E-state index contributed by atoms with van der Waals surface area (Å²) in [6, 6.07) is 15.5. The van der Waals surface area contributed by atoms with E-state index in [0.717, 1.165) is 22.4 Å². The number of hydrogen-bond acceptors (Lipinski definition) is 3. The van der Waals surface area contributed by atoms with Gasteiger partial charge in [0.05, 0.1) is 0 Å². The molecule has 0 radical (unpaired) electrons. The summed E-state index contributed by atoms with van der Waals surface area (Å²) in [5.74, 6) is 0.521. The van der Waals surface area contributed by atoms with Crippen molar-refractivity contribution < 1.29 is 10.2 Å². The highest BCUT2D eigenvalue weighted by Crippen LogP contribution is 2.41. The molecule has 3 rings (SSSR count). The third kappa shape index (κ3) is 2.40. The Kier molecular flexibility index (Phi) is 3.96. The molecule has 4 nitrogen and oxygen atoms in total. The van der Waals surface area contributed by atoms with Gasteiger partial charge < -0.3 is 15.5 Å². The smallest absolute Gasteiger partial charge is 0.174 e. The average molecular weight is 296 g/mol. The molecular formula is C18H20N2O2. The maximum absolute atomic E-state index is 11.4. The molecular weight excluding hydrogens is 276 g/mol. The number of aliphatic hydroxyl groups is 2. The SMILES string of the molecule is Cc1cccc(C2(O)C(=NCCCO)Nc3ccccc32)c1. The first-order chi connectivity index (χ1) is 10.7. The molecule has 1 heterocycles. The summed E-state index contributed by atoms with van der Waals surface area (Å²) in [5.41, 5.74) is 2.30. The summed E-state index contributed by atoms with van der Waals surface area (Å²) in [7, 11) is 0. The van der Waals surface area contributed by atoms with Crippen LogP contribution in [-0.4, -0.2) is 29.2 Å². The van der Waals surface area contributed by atoms with Gasteiger partial charge in [-0.2, -0.15) is 0 Å². The van der Waals surface area contributed by atoms with Crippen molar-refractivity contribution in [1.29, 1.82) is 0 Å². The van der Waals surface area contributed by atoms with Crippen molar-refractivity contribution in [2.24, 2.45) is 4.99 Å². The summed E-state index contributed by atoms with van der Waals surface area (Å²) in [6.45, 7) is 2.57. The molecule has 1 atom stereocenters. The number of aliphatic imine (C=N–C) groups is 1. The van der Waals surface area contributed by atoms with E-state index in [4.69, 9.17) is 5.11 Å². The Hall–Kier alpha value is -2.17. The third-order valence-corrected chi connectivity index (χ3v) is 3.93. The zero-order valence-corrected chi connectivity index (χ0v) is 12.6. The number of aryl methyl sites for hydroxylation is 1. The van der Waals surface area contributed by atoms with Crippen LogP contribution in [0.25, 0.3) is 0 Å². The lowest BCUT2D eigenvalue weighted by molar-refractivity contribution is 0.160. The molecule has 0 amide bonds. The van der Waals surface area contributed by atoms with Crippen LogP contribution in [0.4, 0.5) is 5.69 Å². The molecule has 22 heavy (non-hydrogen) atoms. The largest absolute Gasteiger partial charge is 0.396 e. The van der Waals surface area contributed by atoms with E-state index in [2.05, 4.69) is 10.3 Å². The van der Waals surface area contributed by atoms with Crippen LogP contribution in [0.15, 0.2) is 53.5 Å². The fraction of sp³-hybridized carbons (Fsp3) is 0.278. The van der Waals surface area contributed by atoms with Crippen LogP contribution >= 0.6 is 0 Å². The van der Waals surface area contributed by atoms with E-state index in [9.17, 15) is 5.11 Å². The fourth-order valence-electron chi connectivity index (χ4n) is 2.83. The average Bonchev–Trinajstić information content (AvgIpc) is 2.82. The molecule has 0 spiro atoms.